The van der Waals surface area contributed by atoms with Gasteiger partial charge in [0.05, 0.1) is 6.04 Å². The zero-order valence-corrected chi connectivity index (χ0v) is 14.9. The number of nitrogens with one attached hydrogen (secondary N) is 1. The van der Waals surface area contributed by atoms with Crippen molar-refractivity contribution in [2.45, 2.75) is 52.6 Å². The molecule has 0 radical (unpaired) electrons. The Morgan fingerprint density at radius 2 is 1.96 bits per heavy atom. The van der Waals surface area contributed by atoms with E-state index < -0.39 is 0 Å². The number of rotatable bonds is 4. The molecular formula is C20H27N3O. The Morgan fingerprint density at radius 3 is 2.71 bits per heavy atom. The molecule has 1 N–H and O–H groups in total. The highest BCUT2D eigenvalue weighted by Gasteiger charge is 2.31. The van der Waals surface area contributed by atoms with Crippen LogP contribution in [0.3, 0.4) is 0 Å². The summed E-state index contributed by atoms with van der Waals surface area (Å²) in [6.07, 6.45) is 2.97. The summed E-state index contributed by atoms with van der Waals surface area (Å²) in [5, 5.41) is 3.13. The Kier molecular flexibility index (Phi) is 4.93. The second-order valence-corrected chi connectivity index (χ2v) is 6.49. The summed E-state index contributed by atoms with van der Waals surface area (Å²) in [4.78, 5) is 14.9. The SMILES string of the molecule is CCC[C@H]1c2ccc(C)n2CCN1C(=O)Nc1ccccc1CC. The number of benzene rings is 1. The first-order valence-corrected chi connectivity index (χ1v) is 8.97. The van der Waals surface area contributed by atoms with Crippen molar-refractivity contribution in [3.8, 4) is 0 Å². The third-order valence-corrected chi connectivity index (χ3v) is 4.98. The normalized spacial score (nSPS) is 16.8. The summed E-state index contributed by atoms with van der Waals surface area (Å²) in [7, 11) is 0. The number of amides is 2. The van der Waals surface area contributed by atoms with Gasteiger partial charge in [-0.05, 0) is 43.5 Å². The average molecular weight is 325 g/mol. The van der Waals surface area contributed by atoms with E-state index in [9.17, 15) is 4.79 Å². The van der Waals surface area contributed by atoms with Gasteiger partial charge in [-0.25, -0.2) is 4.79 Å². The van der Waals surface area contributed by atoms with Crippen LogP contribution in [0.4, 0.5) is 10.5 Å². The Morgan fingerprint density at radius 1 is 1.17 bits per heavy atom. The molecule has 2 aromatic rings. The van der Waals surface area contributed by atoms with Crippen LogP contribution in [0.15, 0.2) is 36.4 Å². The van der Waals surface area contributed by atoms with E-state index in [4.69, 9.17) is 0 Å². The number of aryl methyl sites for hydroxylation is 2. The maximum Gasteiger partial charge on any atom is 0.322 e. The number of urea groups is 1. The van der Waals surface area contributed by atoms with Gasteiger partial charge in [0, 0.05) is 30.2 Å². The molecule has 0 saturated carbocycles. The fourth-order valence-corrected chi connectivity index (χ4v) is 3.67. The summed E-state index contributed by atoms with van der Waals surface area (Å²) in [6, 6.07) is 12.6. The minimum absolute atomic E-state index is 0.0134. The Bertz CT molecular complexity index is 719. The molecule has 2 amide bonds. The zero-order valence-electron chi connectivity index (χ0n) is 14.9. The van der Waals surface area contributed by atoms with E-state index in [0.29, 0.717) is 0 Å². The molecule has 0 unspecified atom stereocenters. The number of nitrogens with zero attached hydrogens (tertiary/aromatic N) is 2. The number of carbonyl (C=O) groups excluding carboxylic acids is 1. The predicted octanol–water partition coefficient (Wildman–Crippen LogP) is 4.75. The molecule has 24 heavy (non-hydrogen) atoms. The van der Waals surface area contributed by atoms with Crippen LogP contribution in [-0.4, -0.2) is 22.0 Å². The van der Waals surface area contributed by atoms with Crippen LogP contribution in [0.1, 0.15) is 49.7 Å². The van der Waals surface area contributed by atoms with Crippen molar-refractivity contribution in [3.63, 3.8) is 0 Å². The molecule has 1 aromatic heterocycles. The van der Waals surface area contributed by atoms with Gasteiger partial charge in [-0.3, -0.25) is 0 Å². The topological polar surface area (TPSA) is 37.3 Å². The van der Waals surface area contributed by atoms with Gasteiger partial charge in [0.2, 0.25) is 0 Å². The van der Waals surface area contributed by atoms with Gasteiger partial charge in [0.25, 0.3) is 0 Å². The molecule has 128 valence electrons. The van der Waals surface area contributed by atoms with Crippen LogP contribution < -0.4 is 5.32 Å². The average Bonchev–Trinajstić information content (AvgIpc) is 2.97. The molecule has 0 fully saturated rings. The van der Waals surface area contributed by atoms with E-state index in [1.807, 2.05) is 23.1 Å². The summed E-state index contributed by atoms with van der Waals surface area (Å²) in [5.74, 6) is 0. The van der Waals surface area contributed by atoms with E-state index in [2.05, 4.69) is 48.9 Å². The zero-order chi connectivity index (χ0) is 17.1. The lowest BCUT2D eigenvalue weighted by Gasteiger charge is -2.37. The molecular weight excluding hydrogens is 298 g/mol. The molecule has 0 aliphatic carbocycles. The second kappa shape index (κ2) is 7.12. The highest BCUT2D eigenvalue weighted by atomic mass is 16.2. The summed E-state index contributed by atoms with van der Waals surface area (Å²) >= 11 is 0. The van der Waals surface area contributed by atoms with Crippen LogP contribution in [0.25, 0.3) is 0 Å². The number of hydrogen-bond donors (Lipinski definition) is 1. The lowest BCUT2D eigenvalue weighted by molar-refractivity contribution is 0.162. The van der Waals surface area contributed by atoms with Crippen LogP contribution in [0.5, 0.6) is 0 Å². The van der Waals surface area contributed by atoms with Crippen molar-refractivity contribution in [2.24, 2.45) is 0 Å². The van der Waals surface area contributed by atoms with E-state index in [0.717, 1.165) is 38.0 Å². The summed E-state index contributed by atoms with van der Waals surface area (Å²) in [5.41, 5.74) is 4.65. The molecule has 1 atom stereocenters. The van der Waals surface area contributed by atoms with Crippen molar-refractivity contribution >= 4 is 11.7 Å². The number of fused-ring (bicyclic) bond motifs is 1. The van der Waals surface area contributed by atoms with Gasteiger partial charge in [-0.1, -0.05) is 38.5 Å². The molecule has 1 aliphatic rings. The molecule has 0 spiro atoms. The highest BCUT2D eigenvalue weighted by Crippen LogP contribution is 2.32. The van der Waals surface area contributed by atoms with Crippen molar-refractivity contribution in [2.75, 3.05) is 11.9 Å². The fourth-order valence-electron chi connectivity index (χ4n) is 3.67. The van der Waals surface area contributed by atoms with Crippen molar-refractivity contribution in [1.82, 2.24) is 9.47 Å². The number of para-hydroxylation sites is 1. The highest BCUT2D eigenvalue weighted by molar-refractivity contribution is 5.90. The molecule has 1 aromatic carbocycles. The van der Waals surface area contributed by atoms with Crippen LogP contribution >= 0.6 is 0 Å². The molecule has 0 bridgehead atoms. The minimum Gasteiger partial charge on any atom is -0.345 e. The molecule has 3 rings (SSSR count). The standard InChI is InChI=1S/C20H27N3O/c1-4-8-18-19-12-11-15(3)22(19)13-14-23(18)20(24)21-17-10-7-6-9-16(17)5-2/h6-7,9-12,18H,4-5,8,13-14H2,1-3H3,(H,21,24)/t18-/m0/s1. The van der Waals surface area contributed by atoms with Gasteiger partial charge in [0.1, 0.15) is 0 Å². The Hall–Kier alpha value is -2.23. The Labute approximate surface area is 144 Å². The van der Waals surface area contributed by atoms with E-state index in [1.54, 1.807) is 0 Å². The van der Waals surface area contributed by atoms with Crippen LogP contribution in [0, 0.1) is 6.92 Å². The Balaban J connectivity index is 1.83. The van der Waals surface area contributed by atoms with Gasteiger partial charge >= 0.3 is 6.03 Å². The number of hydrogen-bond acceptors (Lipinski definition) is 1. The minimum atomic E-state index is 0.0134. The third kappa shape index (κ3) is 3.05. The third-order valence-electron chi connectivity index (χ3n) is 4.98. The molecule has 4 nitrogen and oxygen atoms in total. The predicted molar refractivity (Wildman–Crippen MR) is 98.4 cm³/mol. The first-order chi connectivity index (χ1) is 11.7. The van der Waals surface area contributed by atoms with Gasteiger partial charge in [-0.15, -0.1) is 0 Å². The second-order valence-electron chi connectivity index (χ2n) is 6.49. The van der Waals surface area contributed by atoms with Gasteiger partial charge in [0.15, 0.2) is 0 Å². The molecule has 2 heterocycles. The van der Waals surface area contributed by atoms with E-state index >= 15 is 0 Å². The van der Waals surface area contributed by atoms with Gasteiger partial charge in [-0.2, -0.15) is 0 Å². The summed E-state index contributed by atoms with van der Waals surface area (Å²) < 4.78 is 2.35. The maximum absolute atomic E-state index is 12.9. The summed E-state index contributed by atoms with van der Waals surface area (Å²) in [6.45, 7) is 8.06. The quantitative estimate of drug-likeness (QED) is 0.865. The number of anilines is 1. The number of aromatic nitrogens is 1. The van der Waals surface area contributed by atoms with E-state index in [1.165, 1.54) is 17.0 Å². The lowest BCUT2D eigenvalue weighted by Crippen LogP contribution is -2.44. The monoisotopic (exact) mass is 325 g/mol. The van der Waals surface area contributed by atoms with Gasteiger partial charge < -0.3 is 14.8 Å². The first kappa shape index (κ1) is 16.6. The van der Waals surface area contributed by atoms with E-state index in [-0.39, 0.29) is 12.1 Å². The van der Waals surface area contributed by atoms with Crippen molar-refractivity contribution in [3.05, 3.63) is 53.3 Å². The smallest absolute Gasteiger partial charge is 0.322 e. The molecule has 0 saturated heterocycles. The molecule has 1 aliphatic heterocycles. The van der Waals surface area contributed by atoms with Crippen molar-refractivity contribution < 1.29 is 4.79 Å². The fraction of sp³-hybridized carbons (Fsp3) is 0.450. The largest absolute Gasteiger partial charge is 0.345 e. The molecule has 4 heteroatoms. The van der Waals surface area contributed by atoms with Crippen LogP contribution in [-0.2, 0) is 13.0 Å². The number of carbonyl (C=O) groups is 1. The lowest BCUT2D eigenvalue weighted by atomic mass is 10.0. The first-order valence-electron chi connectivity index (χ1n) is 8.97. The maximum atomic E-state index is 12.9. The van der Waals surface area contributed by atoms with Crippen LogP contribution in [0.2, 0.25) is 0 Å². The van der Waals surface area contributed by atoms with Crippen molar-refractivity contribution in [1.29, 1.82) is 0 Å².